The molecule has 0 saturated carbocycles. The SMILES string of the molecule is CCCCOC(=O)Cc1cc(C)c2c(=O)n(-c3ccccc3)[nH]c2n1. The molecule has 0 spiro atoms. The summed E-state index contributed by atoms with van der Waals surface area (Å²) in [7, 11) is 0. The van der Waals surface area contributed by atoms with Crippen molar-refractivity contribution in [2.45, 2.75) is 33.1 Å². The molecule has 2 aromatic heterocycles. The summed E-state index contributed by atoms with van der Waals surface area (Å²) in [6.45, 7) is 4.32. The van der Waals surface area contributed by atoms with Gasteiger partial charge in [0.25, 0.3) is 5.56 Å². The lowest BCUT2D eigenvalue weighted by molar-refractivity contribution is -0.142. The molecule has 0 aliphatic rings. The van der Waals surface area contributed by atoms with Gasteiger partial charge in [-0.2, -0.15) is 0 Å². The quantitative estimate of drug-likeness (QED) is 0.553. The average molecular weight is 339 g/mol. The van der Waals surface area contributed by atoms with Crippen LogP contribution in [0.15, 0.2) is 41.2 Å². The molecule has 0 atom stereocenters. The molecule has 1 N–H and O–H groups in total. The number of H-pyrrole nitrogens is 1. The van der Waals surface area contributed by atoms with Crippen LogP contribution in [0.1, 0.15) is 31.0 Å². The number of aryl methyl sites for hydroxylation is 1. The van der Waals surface area contributed by atoms with E-state index in [1.165, 1.54) is 4.68 Å². The Morgan fingerprint density at radius 1 is 1.28 bits per heavy atom. The van der Waals surface area contributed by atoms with Crippen molar-refractivity contribution in [3.05, 3.63) is 58.0 Å². The van der Waals surface area contributed by atoms with E-state index in [1.54, 1.807) is 6.07 Å². The van der Waals surface area contributed by atoms with Crippen LogP contribution in [0.4, 0.5) is 0 Å². The van der Waals surface area contributed by atoms with Gasteiger partial charge in [0, 0.05) is 0 Å². The van der Waals surface area contributed by atoms with Crippen molar-refractivity contribution in [1.82, 2.24) is 14.8 Å². The van der Waals surface area contributed by atoms with E-state index in [2.05, 4.69) is 10.1 Å². The number of unbranched alkanes of at least 4 members (excludes halogenated alkanes) is 1. The van der Waals surface area contributed by atoms with Crippen LogP contribution in [0.25, 0.3) is 16.7 Å². The zero-order valence-electron chi connectivity index (χ0n) is 14.4. The molecule has 130 valence electrons. The molecule has 3 rings (SSSR count). The predicted molar refractivity (Wildman–Crippen MR) is 96.0 cm³/mol. The lowest BCUT2D eigenvalue weighted by Crippen LogP contribution is -2.14. The number of para-hydroxylation sites is 1. The van der Waals surface area contributed by atoms with E-state index in [9.17, 15) is 9.59 Å². The number of fused-ring (bicyclic) bond motifs is 1. The van der Waals surface area contributed by atoms with Crippen LogP contribution in [0.3, 0.4) is 0 Å². The molecule has 0 aliphatic carbocycles. The monoisotopic (exact) mass is 339 g/mol. The van der Waals surface area contributed by atoms with E-state index in [0.717, 1.165) is 24.1 Å². The van der Waals surface area contributed by atoms with Gasteiger partial charge in [0.1, 0.15) is 0 Å². The van der Waals surface area contributed by atoms with Crippen LogP contribution in [-0.2, 0) is 16.0 Å². The van der Waals surface area contributed by atoms with E-state index >= 15 is 0 Å². The van der Waals surface area contributed by atoms with Crippen LogP contribution in [-0.4, -0.2) is 27.3 Å². The molecular formula is C19H21N3O3. The Balaban J connectivity index is 1.92. The molecule has 0 fully saturated rings. The fraction of sp³-hybridized carbons (Fsp3) is 0.316. The minimum atomic E-state index is -0.301. The first-order valence-electron chi connectivity index (χ1n) is 8.42. The molecule has 0 amide bonds. The summed E-state index contributed by atoms with van der Waals surface area (Å²) in [4.78, 5) is 29.0. The molecule has 0 aliphatic heterocycles. The van der Waals surface area contributed by atoms with Gasteiger partial charge in [0.2, 0.25) is 0 Å². The smallest absolute Gasteiger partial charge is 0.311 e. The Labute approximate surface area is 145 Å². The molecule has 2 heterocycles. The molecule has 25 heavy (non-hydrogen) atoms. The van der Waals surface area contributed by atoms with Gasteiger partial charge < -0.3 is 4.74 Å². The highest BCUT2D eigenvalue weighted by molar-refractivity contribution is 5.80. The van der Waals surface area contributed by atoms with E-state index in [4.69, 9.17) is 4.74 Å². The Kier molecular flexibility index (Phi) is 4.97. The number of carbonyl (C=O) groups is 1. The van der Waals surface area contributed by atoms with E-state index in [-0.39, 0.29) is 17.9 Å². The van der Waals surface area contributed by atoms with Crippen LogP contribution in [0.5, 0.6) is 0 Å². The first-order chi connectivity index (χ1) is 12.1. The fourth-order valence-corrected chi connectivity index (χ4v) is 2.74. The van der Waals surface area contributed by atoms with Gasteiger partial charge in [0.05, 0.1) is 29.8 Å². The maximum atomic E-state index is 12.7. The molecule has 0 unspecified atom stereocenters. The van der Waals surface area contributed by atoms with Gasteiger partial charge in [-0.25, -0.2) is 9.67 Å². The summed E-state index contributed by atoms with van der Waals surface area (Å²) >= 11 is 0. The van der Waals surface area contributed by atoms with Crippen molar-refractivity contribution in [1.29, 1.82) is 0 Å². The van der Waals surface area contributed by atoms with Crippen molar-refractivity contribution in [2.24, 2.45) is 0 Å². The number of aromatic nitrogens is 3. The number of carbonyl (C=O) groups excluding carboxylic acids is 1. The Morgan fingerprint density at radius 3 is 2.76 bits per heavy atom. The maximum absolute atomic E-state index is 12.7. The van der Waals surface area contributed by atoms with Crippen molar-refractivity contribution < 1.29 is 9.53 Å². The number of pyridine rings is 1. The van der Waals surface area contributed by atoms with Crippen LogP contribution in [0.2, 0.25) is 0 Å². The number of rotatable bonds is 6. The second-order valence-electron chi connectivity index (χ2n) is 5.99. The van der Waals surface area contributed by atoms with E-state index < -0.39 is 0 Å². The highest BCUT2D eigenvalue weighted by Gasteiger charge is 2.15. The van der Waals surface area contributed by atoms with Gasteiger partial charge in [-0.1, -0.05) is 31.5 Å². The maximum Gasteiger partial charge on any atom is 0.311 e. The third kappa shape index (κ3) is 3.63. The van der Waals surface area contributed by atoms with Gasteiger partial charge in [-0.15, -0.1) is 0 Å². The molecule has 3 aromatic rings. The minimum absolute atomic E-state index is 0.0963. The standard InChI is InChI=1S/C19H21N3O3/c1-3-4-10-25-16(23)12-14-11-13(2)17-18(20-14)21-22(19(17)24)15-8-6-5-7-9-15/h5-9,11H,3-4,10,12H2,1-2H3,(H,20,21). The van der Waals surface area contributed by atoms with Gasteiger partial charge in [0.15, 0.2) is 5.65 Å². The van der Waals surface area contributed by atoms with Crippen molar-refractivity contribution in [3.8, 4) is 5.69 Å². The number of hydrogen-bond acceptors (Lipinski definition) is 4. The Hall–Kier alpha value is -2.89. The first kappa shape index (κ1) is 17.0. The van der Waals surface area contributed by atoms with Gasteiger partial charge in [-0.3, -0.25) is 14.7 Å². The van der Waals surface area contributed by atoms with E-state index in [0.29, 0.717) is 23.3 Å². The Morgan fingerprint density at radius 2 is 2.04 bits per heavy atom. The number of ether oxygens (including phenoxy) is 1. The minimum Gasteiger partial charge on any atom is -0.465 e. The first-order valence-corrected chi connectivity index (χ1v) is 8.42. The Bertz CT molecular complexity index is 942. The van der Waals surface area contributed by atoms with Crippen LogP contribution < -0.4 is 5.56 Å². The normalized spacial score (nSPS) is 11.0. The van der Waals surface area contributed by atoms with Gasteiger partial charge >= 0.3 is 5.97 Å². The summed E-state index contributed by atoms with van der Waals surface area (Å²) in [6, 6.07) is 11.1. The summed E-state index contributed by atoms with van der Waals surface area (Å²) in [5.41, 5.74) is 2.45. The summed E-state index contributed by atoms with van der Waals surface area (Å²) in [6.07, 6.45) is 1.92. The zero-order valence-corrected chi connectivity index (χ0v) is 14.4. The largest absolute Gasteiger partial charge is 0.465 e. The fourth-order valence-electron chi connectivity index (χ4n) is 2.74. The van der Waals surface area contributed by atoms with Crippen molar-refractivity contribution in [3.63, 3.8) is 0 Å². The molecule has 1 aromatic carbocycles. The molecule has 0 saturated heterocycles. The average Bonchev–Trinajstić information content (AvgIpc) is 2.93. The molecule has 6 nitrogen and oxygen atoms in total. The van der Waals surface area contributed by atoms with E-state index in [1.807, 2.05) is 44.2 Å². The number of aromatic amines is 1. The lowest BCUT2D eigenvalue weighted by atomic mass is 10.1. The zero-order chi connectivity index (χ0) is 17.8. The summed E-state index contributed by atoms with van der Waals surface area (Å²) < 4.78 is 6.65. The molecular weight excluding hydrogens is 318 g/mol. The number of hydrogen-bond donors (Lipinski definition) is 1. The third-order valence-corrected chi connectivity index (χ3v) is 4.01. The predicted octanol–water partition coefficient (Wildman–Crippen LogP) is 2.91. The lowest BCUT2D eigenvalue weighted by Gasteiger charge is -2.04. The highest BCUT2D eigenvalue weighted by atomic mass is 16.5. The number of nitrogens with one attached hydrogen (secondary N) is 1. The highest BCUT2D eigenvalue weighted by Crippen LogP contribution is 2.15. The molecule has 0 radical (unpaired) electrons. The van der Waals surface area contributed by atoms with Crippen LogP contribution in [0, 0.1) is 6.92 Å². The summed E-state index contributed by atoms with van der Waals surface area (Å²) in [5.74, 6) is -0.301. The second kappa shape index (κ2) is 7.34. The van der Waals surface area contributed by atoms with Crippen molar-refractivity contribution >= 4 is 17.0 Å². The van der Waals surface area contributed by atoms with Crippen LogP contribution >= 0.6 is 0 Å². The number of benzene rings is 1. The summed E-state index contributed by atoms with van der Waals surface area (Å²) in [5, 5.41) is 3.56. The number of esters is 1. The van der Waals surface area contributed by atoms with Crippen molar-refractivity contribution in [2.75, 3.05) is 6.61 Å². The molecule has 0 bridgehead atoms. The molecule has 6 heteroatoms. The van der Waals surface area contributed by atoms with Gasteiger partial charge in [-0.05, 0) is 37.1 Å². The third-order valence-electron chi connectivity index (χ3n) is 4.01. The number of nitrogens with zero attached hydrogens (tertiary/aromatic N) is 2. The topological polar surface area (TPSA) is 77.0 Å². The second-order valence-corrected chi connectivity index (χ2v) is 5.99.